The normalized spacial score (nSPS) is 22.0. The number of piperazine rings is 1. The van der Waals surface area contributed by atoms with Crippen LogP contribution in [-0.4, -0.2) is 91.2 Å². The van der Waals surface area contributed by atoms with Crippen LogP contribution in [-0.2, 0) is 17.8 Å². The fraction of sp³-hybridized carbons (Fsp3) is 0.486. The second-order valence-electron chi connectivity index (χ2n) is 12.6. The van der Waals surface area contributed by atoms with E-state index in [2.05, 4.69) is 82.7 Å². The predicted molar refractivity (Wildman–Crippen MR) is 175 cm³/mol. The molecule has 3 unspecified atom stereocenters. The predicted octanol–water partition coefficient (Wildman–Crippen LogP) is 4.81. The van der Waals surface area contributed by atoms with E-state index in [1.807, 2.05) is 0 Å². The van der Waals surface area contributed by atoms with Crippen LogP contribution in [0.5, 0.6) is 6.01 Å². The third kappa shape index (κ3) is 6.22. The molecule has 9 nitrogen and oxygen atoms in total. The van der Waals surface area contributed by atoms with E-state index >= 15 is 0 Å². The van der Waals surface area contributed by atoms with Crippen LogP contribution in [0.15, 0.2) is 55.1 Å². The van der Waals surface area contributed by atoms with Crippen molar-refractivity contribution in [1.82, 2.24) is 19.8 Å². The number of carbonyl (C=O) groups is 1. The lowest BCUT2D eigenvalue weighted by atomic mass is 9.86. The van der Waals surface area contributed by atoms with Crippen molar-refractivity contribution in [3.63, 3.8) is 0 Å². The highest BCUT2D eigenvalue weighted by molar-refractivity contribution is 5.94. The summed E-state index contributed by atoms with van der Waals surface area (Å²) >= 11 is 0. The van der Waals surface area contributed by atoms with Crippen LogP contribution in [0.2, 0.25) is 0 Å². The van der Waals surface area contributed by atoms with Gasteiger partial charge in [-0.25, -0.2) is 6.57 Å². The fourth-order valence-electron chi connectivity index (χ4n) is 7.20. The van der Waals surface area contributed by atoms with Gasteiger partial charge in [0.05, 0.1) is 18.8 Å². The Labute approximate surface area is 260 Å². The van der Waals surface area contributed by atoms with Gasteiger partial charge in [-0.2, -0.15) is 9.97 Å². The molecule has 3 aromatic rings. The number of hydrogen-bond donors (Lipinski definition) is 0. The molecule has 2 fully saturated rings. The Morgan fingerprint density at radius 2 is 1.95 bits per heavy atom. The van der Waals surface area contributed by atoms with E-state index in [4.69, 9.17) is 21.3 Å². The van der Waals surface area contributed by atoms with Crippen molar-refractivity contribution in [2.75, 3.05) is 63.2 Å². The van der Waals surface area contributed by atoms with Crippen LogP contribution < -0.4 is 14.5 Å². The zero-order chi connectivity index (χ0) is 30.6. The van der Waals surface area contributed by atoms with Crippen molar-refractivity contribution in [2.45, 2.75) is 50.7 Å². The minimum Gasteiger partial charge on any atom is -0.463 e. The monoisotopic (exact) mass is 593 g/mol. The summed E-state index contributed by atoms with van der Waals surface area (Å²) in [5.41, 5.74) is 3.34. The average molecular weight is 594 g/mol. The van der Waals surface area contributed by atoms with E-state index < -0.39 is 0 Å². The van der Waals surface area contributed by atoms with Crippen molar-refractivity contribution in [3.8, 4) is 6.01 Å². The number of rotatable bonds is 8. The minimum atomic E-state index is -0.220. The summed E-state index contributed by atoms with van der Waals surface area (Å²) < 4.78 is 6.42. The molecule has 3 atom stereocenters. The Balaban J connectivity index is 1.30. The molecule has 1 saturated heterocycles. The lowest BCUT2D eigenvalue weighted by molar-refractivity contribution is -0.128. The van der Waals surface area contributed by atoms with Gasteiger partial charge in [0.2, 0.25) is 12.5 Å². The first-order valence-corrected chi connectivity index (χ1v) is 15.9. The molecule has 1 aliphatic carbocycles. The van der Waals surface area contributed by atoms with Crippen LogP contribution in [0.3, 0.4) is 0 Å². The summed E-state index contributed by atoms with van der Waals surface area (Å²) in [5.74, 6) is 1.24. The number of nitrogens with zero attached hydrogens (tertiary/aromatic N) is 7. The number of benzene rings is 2. The largest absolute Gasteiger partial charge is 0.463 e. The molecule has 6 rings (SSSR count). The average Bonchev–Trinajstić information content (AvgIpc) is 3.06. The summed E-state index contributed by atoms with van der Waals surface area (Å²) in [4.78, 5) is 35.1. The van der Waals surface area contributed by atoms with Gasteiger partial charge in [-0.1, -0.05) is 49.4 Å². The molecule has 0 N–H and O–H groups in total. The maximum absolute atomic E-state index is 12.6. The maximum Gasteiger partial charge on any atom is 0.318 e. The molecule has 3 heterocycles. The zero-order valence-electron chi connectivity index (χ0n) is 26.0. The van der Waals surface area contributed by atoms with E-state index in [0.717, 1.165) is 42.9 Å². The van der Waals surface area contributed by atoms with Gasteiger partial charge >= 0.3 is 6.01 Å². The number of carbonyl (C=O) groups excluding carboxylic acids is 1. The Hall–Kier alpha value is -4.16. The summed E-state index contributed by atoms with van der Waals surface area (Å²) in [6.07, 6.45) is 6.88. The van der Waals surface area contributed by atoms with Crippen LogP contribution in [0.25, 0.3) is 15.6 Å². The summed E-state index contributed by atoms with van der Waals surface area (Å²) in [5, 5.41) is 2.46. The van der Waals surface area contributed by atoms with Crippen LogP contribution in [0.1, 0.15) is 36.9 Å². The number of aromatic nitrogens is 2. The van der Waals surface area contributed by atoms with Crippen molar-refractivity contribution >= 4 is 28.2 Å². The Bertz CT molecular complexity index is 1540. The molecule has 3 aliphatic rings. The number of anilines is 2. The third-order valence-corrected chi connectivity index (χ3v) is 9.61. The second-order valence-corrected chi connectivity index (χ2v) is 12.6. The molecule has 2 aromatic carbocycles. The molecule has 0 bridgehead atoms. The van der Waals surface area contributed by atoms with E-state index in [1.54, 1.807) is 4.90 Å². The number of hydrogen-bond acceptors (Lipinski definition) is 7. The molecular formula is C35H43N7O2. The first kappa shape index (κ1) is 29.9. The molecule has 0 radical (unpaired) electrons. The molecule has 1 amide bonds. The number of ether oxygens (including phenoxy) is 1. The highest BCUT2D eigenvalue weighted by atomic mass is 16.5. The molecule has 2 aliphatic heterocycles. The highest BCUT2D eigenvalue weighted by Gasteiger charge is 2.35. The number of fused-ring (bicyclic) bond motifs is 2. The van der Waals surface area contributed by atoms with E-state index in [9.17, 15) is 4.79 Å². The van der Waals surface area contributed by atoms with Crippen molar-refractivity contribution < 1.29 is 9.53 Å². The third-order valence-electron chi connectivity index (χ3n) is 9.61. The second kappa shape index (κ2) is 13.2. The SMILES string of the molecule is [C-]#[N+]CC1CN(c2nc(OCC3CCCC(N(C)C)C3)nc3c2CCN(c2cccc4ccccc24)C3)CCN1C(=O)C=C. The standard InChI is InChI=1S/C35H43N7O2/c1-5-33(43)42-19-18-41(22-28(42)21-36-2)34-30-16-17-40(32-15-9-12-26-11-6-7-14-29(26)32)23-31(30)37-35(38-34)44-24-25-10-8-13-27(20-25)39(3)4/h5-7,9,11-12,14-15,25,27-28H,1,8,10,13,16-24H2,3-4H3. The summed E-state index contributed by atoms with van der Waals surface area (Å²) in [6.45, 7) is 15.3. The van der Waals surface area contributed by atoms with E-state index in [1.165, 1.54) is 35.4 Å². The van der Waals surface area contributed by atoms with E-state index in [0.29, 0.717) is 50.8 Å². The smallest absolute Gasteiger partial charge is 0.318 e. The molecule has 0 spiro atoms. The quantitative estimate of drug-likeness (QED) is 0.274. The van der Waals surface area contributed by atoms with Gasteiger partial charge in [-0.05, 0) is 63.2 Å². The fourth-order valence-corrected chi connectivity index (χ4v) is 7.20. The maximum atomic E-state index is 12.6. The Morgan fingerprint density at radius 1 is 1.11 bits per heavy atom. The Morgan fingerprint density at radius 3 is 2.77 bits per heavy atom. The topological polar surface area (TPSA) is 69.4 Å². The summed E-state index contributed by atoms with van der Waals surface area (Å²) in [6, 6.07) is 15.8. The van der Waals surface area contributed by atoms with E-state index in [-0.39, 0.29) is 18.5 Å². The van der Waals surface area contributed by atoms with Crippen molar-refractivity contribution in [1.29, 1.82) is 0 Å². The lowest BCUT2D eigenvalue weighted by Gasteiger charge is -2.41. The molecule has 230 valence electrons. The van der Waals surface area contributed by atoms with Gasteiger partial charge in [0.1, 0.15) is 11.9 Å². The number of amides is 1. The van der Waals surface area contributed by atoms with Crippen LogP contribution in [0, 0.1) is 12.5 Å². The molecule has 44 heavy (non-hydrogen) atoms. The Kier molecular flexibility index (Phi) is 8.99. The molecular weight excluding hydrogens is 550 g/mol. The van der Waals surface area contributed by atoms with Crippen LogP contribution in [0.4, 0.5) is 11.5 Å². The van der Waals surface area contributed by atoms with Crippen LogP contribution >= 0.6 is 0 Å². The van der Waals surface area contributed by atoms with Gasteiger partial charge in [0.25, 0.3) is 0 Å². The first-order valence-electron chi connectivity index (χ1n) is 15.9. The minimum absolute atomic E-state index is 0.124. The van der Waals surface area contributed by atoms with Gasteiger partial charge in [-0.15, -0.1) is 0 Å². The highest BCUT2D eigenvalue weighted by Crippen LogP contribution is 2.35. The molecule has 9 heteroatoms. The first-order chi connectivity index (χ1) is 21.4. The van der Waals surface area contributed by atoms with Gasteiger partial charge in [-0.3, -0.25) is 4.79 Å². The van der Waals surface area contributed by atoms with Gasteiger partial charge in [0, 0.05) is 48.9 Å². The summed E-state index contributed by atoms with van der Waals surface area (Å²) in [7, 11) is 4.33. The molecule has 1 saturated carbocycles. The van der Waals surface area contributed by atoms with Crippen molar-refractivity contribution in [2.24, 2.45) is 5.92 Å². The lowest BCUT2D eigenvalue weighted by Crippen LogP contribution is -2.56. The van der Waals surface area contributed by atoms with Crippen molar-refractivity contribution in [3.05, 3.63) is 77.8 Å². The van der Waals surface area contributed by atoms with Gasteiger partial charge in [0.15, 0.2) is 0 Å². The zero-order valence-corrected chi connectivity index (χ0v) is 26.0. The molecule has 1 aromatic heterocycles. The van der Waals surface area contributed by atoms with Gasteiger partial charge < -0.3 is 29.2 Å².